The maximum Gasteiger partial charge on any atom is 0.0406 e. The highest BCUT2D eigenvalue weighted by molar-refractivity contribution is 6.30. The first-order chi connectivity index (χ1) is 9.20. The molecule has 0 amide bonds. The van der Waals surface area contributed by atoms with Crippen molar-refractivity contribution in [1.29, 1.82) is 0 Å². The van der Waals surface area contributed by atoms with Gasteiger partial charge in [0.25, 0.3) is 0 Å². The van der Waals surface area contributed by atoms with Crippen LogP contribution in [0.1, 0.15) is 31.7 Å². The molecule has 1 aliphatic carbocycles. The molecule has 0 bridgehead atoms. The fourth-order valence-corrected chi connectivity index (χ4v) is 2.96. The van der Waals surface area contributed by atoms with Crippen molar-refractivity contribution >= 4 is 11.6 Å². The molecular weight excluding hydrogens is 256 g/mol. The largest absolute Gasteiger partial charge is 0.316 e. The van der Waals surface area contributed by atoms with Crippen LogP contribution < -0.4 is 5.32 Å². The van der Waals surface area contributed by atoms with Crippen LogP contribution >= 0.6 is 11.6 Å². The summed E-state index contributed by atoms with van der Waals surface area (Å²) in [5.74, 6) is 0.823. The van der Waals surface area contributed by atoms with Gasteiger partial charge in [0.2, 0.25) is 0 Å². The van der Waals surface area contributed by atoms with E-state index in [2.05, 4.69) is 36.3 Å². The molecule has 1 aromatic rings. The Morgan fingerprint density at radius 3 is 2.58 bits per heavy atom. The standard InChI is InChI=1S/C16H25ClN2/c1-3-10-18-11-14-6-9-16(14)19(2)12-13-4-7-15(17)8-5-13/h4-5,7-8,14,16,18H,3,6,9-12H2,1-2H3. The number of nitrogens with one attached hydrogen (secondary N) is 1. The van der Waals surface area contributed by atoms with Gasteiger partial charge < -0.3 is 5.32 Å². The van der Waals surface area contributed by atoms with Gasteiger partial charge in [-0.1, -0.05) is 30.7 Å². The summed E-state index contributed by atoms with van der Waals surface area (Å²) in [6.07, 6.45) is 3.92. The average molecular weight is 281 g/mol. The molecule has 1 aliphatic rings. The second-order valence-electron chi connectivity index (χ2n) is 5.65. The highest BCUT2D eigenvalue weighted by Crippen LogP contribution is 2.31. The lowest BCUT2D eigenvalue weighted by atomic mass is 9.78. The topological polar surface area (TPSA) is 15.3 Å². The van der Waals surface area contributed by atoms with Gasteiger partial charge in [-0.2, -0.15) is 0 Å². The predicted molar refractivity (Wildman–Crippen MR) is 82.6 cm³/mol. The van der Waals surface area contributed by atoms with Crippen molar-refractivity contribution in [3.63, 3.8) is 0 Å². The number of hydrogen-bond donors (Lipinski definition) is 1. The van der Waals surface area contributed by atoms with Crippen molar-refractivity contribution in [2.45, 2.75) is 38.8 Å². The van der Waals surface area contributed by atoms with Crippen LogP contribution in [0, 0.1) is 5.92 Å². The van der Waals surface area contributed by atoms with Gasteiger partial charge >= 0.3 is 0 Å². The van der Waals surface area contributed by atoms with Crippen LogP contribution in [0.2, 0.25) is 5.02 Å². The fourth-order valence-electron chi connectivity index (χ4n) is 2.83. The van der Waals surface area contributed by atoms with Gasteiger partial charge in [-0.05, 0) is 63.0 Å². The third kappa shape index (κ3) is 4.20. The molecule has 1 fully saturated rings. The average Bonchev–Trinajstić information content (AvgIpc) is 2.36. The van der Waals surface area contributed by atoms with Crippen LogP contribution in [0.4, 0.5) is 0 Å². The molecule has 2 atom stereocenters. The highest BCUT2D eigenvalue weighted by atomic mass is 35.5. The molecule has 1 aromatic carbocycles. The Morgan fingerprint density at radius 2 is 2.00 bits per heavy atom. The normalized spacial score (nSPS) is 22.5. The Labute approximate surface area is 122 Å². The van der Waals surface area contributed by atoms with E-state index in [1.807, 2.05) is 12.1 Å². The van der Waals surface area contributed by atoms with Crippen LogP contribution in [-0.2, 0) is 6.54 Å². The zero-order valence-electron chi connectivity index (χ0n) is 12.0. The lowest BCUT2D eigenvalue weighted by Crippen LogP contribution is -2.48. The minimum atomic E-state index is 0.736. The molecule has 1 N–H and O–H groups in total. The maximum absolute atomic E-state index is 5.92. The van der Waals surface area contributed by atoms with Crippen molar-refractivity contribution in [2.75, 3.05) is 20.1 Å². The molecule has 0 radical (unpaired) electrons. The van der Waals surface area contributed by atoms with Crippen molar-refractivity contribution in [2.24, 2.45) is 5.92 Å². The summed E-state index contributed by atoms with van der Waals surface area (Å²) >= 11 is 5.92. The molecule has 1 saturated carbocycles. The minimum absolute atomic E-state index is 0.736. The smallest absolute Gasteiger partial charge is 0.0406 e. The summed E-state index contributed by atoms with van der Waals surface area (Å²) in [4.78, 5) is 2.49. The van der Waals surface area contributed by atoms with Crippen LogP contribution in [0.5, 0.6) is 0 Å². The van der Waals surface area contributed by atoms with E-state index in [0.29, 0.717) is 0 Å². The zero-order valence-corrected chi connectivity index (χ0v) is 12.8. The lowest BCUT2D eigenvalue weighted by molar-refractivity contribution is 0.0782. The first kappa shape index (κ1) is 14.8. The van der Waals surface area contributed by atoms with Gasteiger partial charge in [-0.25, -0.2) is 0 Å². The number of rotatable bonds is 7. The number of nitrogens with zero attached hydrogens (tertiary/aromatic N) is 1. The lowest BCUT2D eigenvalue weighted by Gasteiger charge is -2.43. The van der Waals surface area contributed by atoms with Gasteiger partial charge in [0, 0.05) is 17.6 Å². The molecule has 0 aromatic heterocycles. The first-order valence-electron chi connectivity index (χ1n) is 7.36. The second kappa shape index (κ2) is 7.28. The molecule has 0 saturated heterocycles. The maximum atomic E-state index is 5.92. The summed E-state index contributed by atoms with van der Waals surface area (Å²) in [6.45, 7) is 5.55. The number of halogens is 1. The van der Waals surface area contributed by atoms with Gasteiger partial charge in [0.05, 0.1) is 0 Å². The molecule has 2 nitrogen and oxygen atoms in total. The fraction of sp³-hybridized carbons (Fsp3) is 0.625. The zero-order chi connectivity index (χ0) is 13.7. The summed E-state index contributed by atoms with van der Waals surface area (Å²) in [7, 11) is 2.24. The van der Waals surface area contributed by atoms with Crippen molar-refractivity contribution in [1.82, 2.24) is 10.2 Å². The van der Waals surface area contributed by atoms with Crippen molar-refractivity contribution < 1.29 is 0 Å². The molecular formula is C16H25ClN2. The third-order valence-corrected chi connectivity index (χ3v) is 4.37. The van der Waals surface area contributed by atoms with Crippen LogP contribution in [0.3, 0.4) is 0 Å². The summed E-state index contributed by atoms with van der Waals surface area (Å²) in [5.41, 5.74) is 1.35. The van der Waals surface area contributed by atoms with Gasteiger partial charge in [-0.3, -0.25) is 4.90 Å². The van der Waals surface area contributed by atoms with E-state index >= 15 is 0 Å². The molecule has 0 heterocycles. The molecule has 0 aliphatic heterocycles. The summed E-state index contributed by atoms with van der Waals surface area (Å²) < 4.78 is 0. The summed E-state index contributed by atoms with van der Waals surface area (Å²) in [6, 6.07) is 8.95. The molecule has 106 valence electrons. The van der Waals surface area contributed by atoms with Crippen molar-refractivity contribution in [3.05, 3.63) is 34.9 Å². The predicted octanol–water partition coefficient (Wildman–Crippen LogP) is 3.55. The Bertz CT molecular complexity index is 377. The second-order valence-corrected chi connectivity index (χ2v) is 6.09. The number of hydrogen-bond acceptors (Lipinski definition) is 2. The SMILES string of the molecule is CCCNCC1CCC1N(C)Cc1ccc(Cl)cc1. The Morgan fingerprint density at radius 1 is 1.26 bits per heavy atom. The monoisotopic (exact) mass is 280 g/mol. The van der Waals surface area contributed by atoms with E-state index in [1.54, 1.807) is 0 Å². The van der Waals surface area contributed by atoms with Gasteiger partial charge in [0.15, 0.2) is 0 Å². The Balaban J connectivity index is 1.79. The van der Waals surface area contributed by atoms with Crippen molar-refractivity contribution in [3.8, 4) is 0 Å². The molecule has 3 heteroatoms. The third-order valence-electron chi connectivity index (χ3n) is 4.12. The highest BCUT2D eigenvalue weighted by Gasteiger charge is 2.33. The Hall–Kier alpha value is -0.570. The first-order valence-corrected chi connectivity index (χ1v) is 7.74. The van der Waals surface area contributed by atoms with Crippen LogP contribution in [-0.4, -0.2) is 31.1 Å². The van der Waals surface area contributed by atoms with Crippen LogP contribution in [0.15, 0.2) is 24.3 Å². The Kier molecular flexibility index (Phi) is 5.68. The molecule has 2 unspecified atom stereocenters. The van der Waals surface area contributed by atoms with E-state index in [-0.39, 0.29) is 0 Å². The van der Waals surface area contributed by atoms with Gasteiger partial charge in [-0.15, -0.1) is 0 Å². The van der Waals surface area contributed by atoms with Gasteiger partial charge in [0.1, 0.15) is 0 Å². The van der Waals surface area contributed by atoms with E-state index in [1.165, 1.54) is 31.4 Å². The molecule has 19 heavy (non-hydrogen) atoms. The van der Waals surface area contributed by atoms with E-state index in [4.69, 9.17) is 11.6 Å². The minimum Gasteiger partial charge on any atom is -0.316 e. The molecule has 2 rings (SSSR count). The summed E-state index contributed by atoms with van der Waals surface area (Å²) in [5, 5.41) is 4.37. The van der Waals surface area contributed by atoms with E-state index in [0.717, 1.165) is 30.1 Å². The van der Waals surface area contributed by atoms with E-state index in [9.17, 15) is 0 Å². The van der Waals surface area contributed by atoms with E-state index < -0.39 is 0 Å². The quantitative estimate of drug-likeness (QED) is 0.769. The number of benzene rings is 1. The van der Waals surface area contributed by atoms with Crippen LogP contribution in [0.25, 0.3) is 0 Å². The molecule has 0 spiro atoms.